The van der Waals surface area contributed by atoms with E-state index < -0.39 is 5.97 Å². The molecule has 0 fully saturated rings. The molecule has 6 heteroatoms. The van der Waals surface area contributed by atoms with Gasteiger partial charge < -0.3 is 9.84 Å². The largest absolute Gasteiger partial charge is 0.494 e. The number of ether oxygens (including phenoxy) is 1. The molecule has 0 spiro atoms. The zero-order chi connectivity index (χ0) is 14.8. The van der Waals surface area contributed by atoms with Crippen LogP contribution < -0.4 is 4.74 Å². The summed E-state index contributed by atoms with van der Waals surface area (Å²) in [4.78, 5) is 16.3. The van der Waals surface area contributed by atoms with Gasteiger partial charge in [0.2, 0.25) is 0 Å². The molecule has 0 bridgehead atoms. The number of hydrogen-bond acceptors (Lipinski definition) is 4. The number of hydrogen-bond donors (Lipinski definition) is 1. The molecule has 21 heavy (non-hydrogen) atoms. The number of fused-ring (bicyclic) bond motifs is 1. The summed E-state index contributed by atoms with van der Waals surface area (Å²) in [5, 5.41) is 8.95. The summed E-state index contributed by atoms with van der Waals surface area (Å²) in [6.45, 7) is 2.77. The number of thiazole rings is 1. The van der Waals surface area contributed by atoms with Crippen LogP contribution in [0.3, 0.4) is 0 Å². The SMILES string of the molecule is CCCOc1ccc(-c2cn3cc(C(=O)O)sc3n2)cc1. The second kappa shape index (κ2) is 5.57. The summed E-state index contributed by atoms with van der Waals surface area (Å²) >= 11 is 1.16. The number of aromatic nitrogens is 2. The quantitative estimate of drug-likeness (QED) is 0.783. The number of carboxylic acids is 1. The van der Waals surface area contributed by atoms with E-state index >= 15 is 0 Å². The standard InChI is InChI=1S/C15H14N2O3S/c1-2-7-20-11-5-3-10(4-6-11)12-8-17-9-13(14(18)19)21-15(17)16-12/h3-6,8-9H,2,7H2,1H3,(H,18,19). The Morgan fingerprint density at radius 3 is 2.71 bits per heavy atom. The Morgan fingerprint density at radius 1 is 1.33 bits per heavy atom. The van der Waals surface area contributed by atoms with Crippen LogP contribution in [0.5, 0.6) is 5.75 Å². The van der Waals surface area contributed by atoms with E-state index in [0.717, 1.165) is 34.8 Å². The minimum absolute atomic E-state index is 0.285. The van der Waals surface area contributed by atoms with Gasteiger partial charge in [0.25, 0.3) is 0 Å². The van der Waals surface area contributed by atoms with Crippen LogP contribution >= 0.6 is 11.3 Å². The van der Waals surface area contributed by atoms with Crippen LogP contribution in [0.4, 0.5) is 0 Å². The van der Waals surface area contributed by atoms with Crippen molar-refractivity contribution in [2.75, 3.05) is 6.61 Å². The van der Waals surface area contributed by atoms with E-state index in [9.17, 15) is 4.79 Å². The monoisotopic (exact) mass is 302 g/mol. The fourth-order valence-corrected chi connectivity index (χ4v) is 2.78. The highest BCUT2D eigenvalue weighted by molar-refractivity contribution is 7.18. The second-order valence-electron chi connectivity index (χ2n) is 4.59. The van der Waals surface area contributed by atoms with E-state index in [-0.39, 0.29) is 4.88 Å². The third-order valence-corrected chi connectivity index (χ3v) is 3.97. The molecule has 0 amide bonds. The topological polar surface area (TPSA) is 63.8 Å². The average Bonchev–Trinajstić information content (AvgIpc) is 3.04. The molecule has 0 aliphatic rings. The molecular weight excluding hydrogens is 288 g/mol. The van der Waals surface area contributed by atoms with Crippen LogP contribution in [0.15, 0.2) is 36.7 Å². The zero-order valence-electron chi connectivity index (χ0n) is 11.4. The molecule has 108 valence electrons. The predicted molar refractivity (Wildman–Crippen MR) is 81.3 cm³/mol. The minimum Gasteiger partial charge on any atom is -0.494 e. The van der Waals surface area contributed by atoms with Crippen molar-refractivity contribution < 1.29 is 14.6 Å². The Labute approximate surface area is 125 Å². The van der Waals surface area contributed by atoms with Crippen molar-refractivity contribution in [2.45, 2.75) is 13.3 Å². The third-order valence-electron chi connectivity index (χ3n) is 2.99. The minimum atomic E-state index is -0.926. The molecule has 3 rings (SSSR count). The van der Waals surface area contributed by atoms with Gasteiger partial charge in [-0.2, -0.15) is 0 Å². The molecule has 0 radical (unpaired) electrons. The van der Waals surface area contributed by atoms with Crippen LogP contribution in [0.25, 0.3) is 16.2 Å². The normalized spacial score (nSPS) is 10.9. The highest BCUT2D eigenvalue weighted by atomic mass is 32.1. The van der Waals surface area contributed by atoms with Gasteiger partial charge in [-0.3, -0.25) is 4.40 Å². The lowest BCUT2D eigenvalue weighted by molar-refractivity contribution is 0.0702. The van der Waals surface area contributed by atoms with Gasteiger partial charge in [-0.15, -0.1) is 0 Å². The van der Waals surface area contributed by atoms with E-state index in [4.69, 9.17) is 9.84 Å². The lowest BCUT2D eigenvalue weighted by Crippen LogP contribution is -1.94. The number of benzene rings is 1. The molecule has 0 saturated carbocycles. The van der Waals surface area contributed by atoms with Gasteiger partial charge in [0.05, 0.1) is 12.3 Å². The van der Waals surface area contributed by atoms with Crippen molar-refractivity contribution in [2.24, 2.45) is 0 Å². The van der Waals surface area contributed by atoms with Crippen molar-refractivity contribution in [1.29, 1.82) is 0 Å². The smallest absolute Gasteiger partial charge is 0.347 e. The third kappa shape index (κ3) is 2.75. The lowest BCUT2D eigenvalue weighted by atomic mass is 10.2. The molecule has 1 N–H and O–H groups in total. The van der Waals surface area contributed by atoms with Gasteiger partial charge in [-0.25, -0.2) is 9.78 Å². The maximum Gasteiger partial charge on any atom is 0.347 e. The van der Waals surface area contributed by atoms with Crippen LogP contribution in [0, 0.1) is 0 Å². The van der Waals surface area contributed by atoms with Crippen molar-refractivity contribution in [3.8, 4) is 17.0 Å². The Morgan fingerprint density at radius 2 is 2.10 bits per heavy atom. The number of carbonyl (C=O) groups is 1. The first-order valence-corrected chi connectivity index (χ1v) is 7.44. The van der Waals surface area contributed by atoms with Crippen molar-refractivity contribution >= 4 is 22.3 Å². The molecule has 0 aliphatic heterocycles. The fraction of sp³-hybridized carbons (Fsp3) is 0.200. The number of imidazole rings is 1. The van der Waals surface area contributed by atoms with E-state index in [1.54, 1.807) is 10.6 Å². The molecular formula is C15H14N2O3S. The molecule has 1 aromatic carbocycles. The summed E-state index contributed by atoms with van der Waals surface area (Å²) in [6, 6.07) is 7.74. The number of aromatic carboxylic acids is 1. The molecule has 0 aliphatic carbocycles. The molecule has 5 nitrogen and oxygen atoms in total. The molecule has 2 aromatic heterocycles. The Hall–Kier alpha value is -2.34. The zero-order valence-corrected chi connectivity index (χ0v) is 12.3. The van der Waals surface area contributed by atoms with E-state index in [0.29, 0.717) is 11.6 Å². The Kier molecular flexibility index (Phi) is 3.62. The van der Waals surface area contributed by atoms with Crippen LogP contribution in [-0.4, -0.2) is 27.1 Å². The van der Waals surface area contributed by atoms with Crippen LogP contribution in [0.2, 0.25) is 0 Å². The first-order valence-electron chi connectivity index (χ1n) is 6.62. The Balaban J connectivity index is 1.86. The summed E-state index contributed by atoms with van der Waals surface area (Å²) in [6.07, 6.45) is 4.39. The molecule has 0 unspecified atom stereocenters. The molecule has 2 heterocycles. The van der Waals surface area contributed by atoms with E-state index in [1.807, 2.05) is 30.5 Å². The highest BCUT2D eigenvalue weighted by Crippen LogP contribution is 2.25. The van der Waals surface area contributed by atoms with Gasteiger partial charge in [0.1, 0.15) is 10.6 Å². The number of rotatable bonds is 5. The Bertz CT molecular complexity index is 742. The lowest BCUT2D eigenvalue weighted by Gasteiger charge is -2.04. The maximum absolute atomic E-state index is 10.9. The molecule has 0 atom stereocenters. The molecule has 0 saturated heterocycles. The second-order valence-corrected chi connectivity index (χ2v) is 5.60. The molecule has 3 aromatic rings. The van der Waals surface area contributed by atoms with Gasteiger partial charge in [0.15, 0.2) is 4.96 Å². The fourth-order valence-electron chi connectivity index (χ4n) is 1.98. The van der Waals surface area contributed by atoms with Crippen molar-refractivity contribution in [1.82, 2.24) is 9.38 Å². The van der Waals surface area contributed by atoms with Gasteiger partial charge in [0, 0.05) is 18.0 Å². The van der Waals surface area contributed by atoms with E-state index in [1.165, 1.54) is 0 Å². The van der Waals surface area contributed by atoms with Gasteiger partial charge in [-0.05, 0) is 30.7 Å². The summed E-state index contributed by atoms with van der Waals surface area (Å²) < 4.78 is 7.28. The maximum atomic E-state index is 10.9. The van der Waals surface area contributed by atoms with Crippen LogP contribution in [-0.2, 0) is 0 Å². The van der Waals surface area contributed by atoms with Gasteiger partial charge >= 0.3 is 5.97 Å². The first-order chi connectivity index (χ1) is 10.2. The number of nitrogens with zero attached hydrogens (tertiary/aromatic N) is 2. The summed E-state index contributed by atoms with van der Waals surface area (Å²) in [5.41, 5.74) is 1.80. The first kappa shape index (κ1) is 13.6. The van der Waals surface area contributed by atoms with E-state index in [2.05, 4.69) is 11.9 Å². The summed E-state index contributed by atoms with van der Waals surface area (Å²) in [7, 11) is 0. The van der Waals surface area contributed by atoms with Crippen molar-refractivity contribution in [3.63, 3.8) is 0 Å². The average molecular weight is 302 g/mol. The number of carboxylic acid groups (broad SMARTS) is 1. The van der Waals surface area contributed by atoms with Crippen LogP contribution in [0.1, 0.15) is 23.0 Å². The highest BCUT2D eigenvalue weighted by Gasteiger charge is 2.12. The predicted octanol–water partition coefficient (Wildman–Crippen LogP) is 3.55. The van der Waals surface area contributed by atoms with Gasteiger partial charge in [-0.1, -0.05) is 18.3 Å². The van der Waals surface area contributed by atoms with Crippen molar-refractivity contribution in [3.05, 3.63) is 41.5 Å². The summed E-state index contributed by atoms with van der Waals surface area (Å²) in [5.74, 6) is -0.0840.